The van der Waals surface area contributed by atoms with Crippen molar-refractivity contribution in [3.8, 4) is 5.75 Å². The summed E-state index contributed by atoms with van der Waals surface area (Å²) < 4.78 is 6.49. The zero-order valence-electron chi connectivity index (χ0n) is 19.2. The quantitative estimate of drug-likeness (QED) is 0.373. The average molecular weight is 509 g/mol. The first-order valence-corrected chi connectivity index (χ1v) is 11.7. The summed E-state index contributed by atoms with van der Waals surface area (Å²) in [5.41, 5.74) is 3.54. The Morgan fingerprint density at radius 1 is 0.848 bits per heavy atom. The zero-order valence-corrected chi connectivity index (χ0v) is 20.7. The fourth-order valence-corrected chi connectivity index (χ4v) is 3.72. The van der Waals surface area contributed by atoms with Crippen LogP contribution in [0, 0.1) is 0 Å². The van der Waals surface area contributed by atoms with Crippen molar-refractivity contribution in [2.45, 2.75) is 39.0 Å². The molecule has 0 aromatic heterocycles. The average Bonchev–Trinajstić information content (AvgIpc) is 2.77. The molecule has 6 heteroatoms. The Balaban J connectivity index is 1.50. The van der Waals surface area contributed by atoms with Gasteiger partial charge in [0.1, 0.15) is 5.75 Å². The molecule has 0 aliphatic heterocycles. The lowest BCUT2D eigenvalue weighted by Crippen LogP contribution is -2.20. The number of carbonyl (C=O) groups excluding carboxylic acids is 2. The molecule has 2 N–H and O–H groups in total. The summed E-state index contributed by atoms with van der Waals surface area (Å²) in [5.74, 6) is 0.251. The van der Waals surface area contributed by atoms with Crippen molar-refractivity contribution >= 4 is 39.1 Å². The van der Waals surface area contributed by atoms with E-state index in [4.69, 9.17) is 4.74 Å². The largest absolute Gasteiger partial charge is 0.483 e. The number of hydrogen-bond donors (Lipinski definition) is 2. The monoisotopic (exact) mass is 508 g/mol. The predicted molar refractivity (Wildman–Crippen MR) is 137 cm³/mol. The highest BCUT2D eigenvalue weighted by Gasteiger charge is 2.16. The van der Waals surface area contributed by atoms with Gasteiger partial charge in [-0.15, -0.1) is 0 Å². The molecule has 0 spiro atoms. The first kappa shape index (κ1) is 24.5. The topological polar surface area (TPSA) is 67.4 Å². The molecule has 3 aromatic rings. The molecule has 3 aromatic carbocycles. The Hall–Kier alpha value is -3.12. The van der Waals surface area contributed by atoms with Crippen LogP contribution < -0.4 is 15.4 Å². The van der Waals surface area contributed by atoms with Crippen molar-refractivity contribution in [3.05, 3.63) is 88.4 Å². The van der Waals surface area contributed by atoms with E-state index in [0.717, 1.165) is 10.0 Å². The van der Waals surface area contributed by atoms with Gasteiger partial charge >= 0.3 is 0 Å². The number of benzene rings is 3. The third-order valence-corrected chi connectivity index (χ3v) is 5.69. The second-order valence-corrected chi connectivity index (χ2v) is 9.70. The van der Waals surface area contributed by atoms with E-state index >= 15 is 0 Å². The van der Waals surface area contributed by atoms with E-state index in [1.54, 1.807) is 24.3 Å². The third-order valence-electron chi connectivity index (χ3n) is 5.07. The highest BCUT2D eigenvalue weighted by molar-refractivity contribution is 9.10. The molecule has 33 heavy (non-hydrogen) atoms. The molecule has 0 bridgehead atoms. The maximum atomic E-state index is 12.4. The van der Waals surface area contributed by atoms with Gasteiger partial charge in [0.15, 0.2) is 6.61 Å². The number of hydrogen-bond acceptors (Lipinski definition) is 3. The molecule has 0 unspecified atom stereocenters. The normalized spacial score (nSPS) is 11.0. The summed E-state index contributed by atoms with van der Waals surface area (Å²) in [5, 5.41) is 5.69. The molecule has 3 rings (SSSR count). The molecular weight excluding hydrogens is 480 g/mol. The van der Waals surface area contributed by atoms with Crippen molar-refractivity contribution in [3.63, 3.8) is 0 Å². The minimum absolute atomic E-state index is 0.0282. The molecule has 172 valence electrons. The van der Waals surface area contributed by atoms with Crippen LogP contribution in [0.3, 0.4) is 0 Å². The SMILES string of the molecule is CC(C)(C)c1ccc(OCC(=O)Nc2cccc(NC(=O)CCc3ccccc3)c2)c(Br)c1. The van der Waals surface area contributed by atoms with E-state index in [9.17, 15) is 9.59 Å². The van der Waals surface area contributed by atoms with E-state index < -0.39 is 0 Å². The number of rotatable bonds is 8. The van der Waals surface area contributed by atoms with Gasteiger partial charge in [0.05, 0.1) is 4.47 Å². The summed E-state index contributed by atoms with van der Waals surface area (Å²) in [7, 11) is 0. The summed E-state index contributed by atoms with van der Waals surface area (Å²) >= 11 is 3.52. The molecule has 0 saturated carbocycles. The van der Waals surface area contributed by atoms with Gasteiger partial charge in [-0.1, -0.05) is 63.2 Å². The van der Waals surface area contributed by atoms with Crippen LogP contribution in [0.4, 0.5) is 11.4 Å². The summed E-state index contributed by atoms with van der Waals surface area (Å²) in [6, 6.07) is 22.8. The smallest absolute Gasteiger partial charge is 0.262 e. The first-order valence-electron chi connectivity index (χ1n) is 10.9. The van der Waals surface area contributed by atoms with Crippen LogP contribution in [0.2, 0.25) is 0 Å². The Labute approximate surface area is 203 Å². The van der Waals surface area contributed by atoms with Gasteiger partial charge in [-0.05, 0) is 69.2 Å². The van der Waals surface area contributed by atoms with Gasteiger partial charge in [-0.25, -0.2) is 0 Å². The number of nitrogens with one attached hydrogen (secondary N) is 2. The van der Waals surface area contributed by atoms with Crippen molar-refractivity contribution in [2.24, 2.45) is 0 Å². The van der Waals surface area contributed by atoms with Gasteiger partial charge in [0.2, 0.25) is 5.91 Å². The lowest BCUT2D eigenvalue weighted by Gasteiger charge is -2.20. The minimum Gasteiger partial charge on any atom is -0.483 e. The Morgan fingerprint density at radius 3 is 2.15 bits per heavy atom. The predicted octanol–water partition coefficient (Wildman–Crippen LogP) is 6.34. The van der Waals surface area contributed by atoms with Crippen LogP contribution in [0.15, 0.2) is 77.3 Å². The Kier molecular flexibility index (Phi) is 8.28. The summed E-state index contributed by atoms with van der Waals surface area (Å²) in [6.45, 7) is 6.30. The number of halogens is 1. The molecule has 0 aliphatic rings. The van der Waals surface area contributed by atoms with Crippen molar-refractivity contribution < 1.29 is 14.3 Å². The minimum atomic E-state index is -0.283. The summed E-state index contributed by atoms with van der Waals surface area (Å²) in [6.07, 6.45) is 1.06. The molecular formula is C27H29BrN2O3. The van der Waals surface area contributed by atoms with Gasteiger partial charge in [-0.2, -0.15) is 0 Å². The Bertz CT molecular complexity index is 1110. The van der Waals surface area contributed by atoms with Crippen LogP contribution in [0.1, 0.15) is 38.3 Å². The van der Waals surface area contributed by atoms with Crippen LogP contribution in [-0.4, -0.2) is 18.4 Å². The number of aryl methyl sites for hydroxylation is 1. The lowest BCUT2D eigenvalue weighted by atomic mass is 9.87. The van der Waals surface area contributed by atoms with Crippen molar-refractivity contribution in [1.29, 1.82) is 0 Å². The molecule has 0 heterocycles. The molecule has 5 nitrogen and oxygen atoms in total. The Morgan fingerprint density at radius 2 is 1.52 bits per heavy atom. The fraction of sp³-hybridized carbons (Fsp3) is 0.259. The zero-order chi connectivity index (χ0) is 23.8. The molecule has 2 amide bonds. The fourth-order valence-electron chi connectivity index (χ4n) is 3.23. The second kappa shape index (κ2) is 11.1. The highest BCUT2D eigenvalue weighted by Crippen LogP contribution is 2.31. The molecule has 0 atom stereocenters. The van der Waals surface area contributed by atoms with E-state index in [1.807, 2.05) is 48.5 Å². The van der Waals surface area contributed by atoms with Crippen LogP contribution in [0.5, 0.6) is 5.75 Å². The van der Waals surface area contributed by atoms with Gasteiger partial charge < -0.3 is 15.4 Å². The third kappa shape index (κ3) is 7.75. The van der Waals surface area contributed by atoms with E-state index in [-0.39, 0.29) is 23.8 Å². The number of anilines is 2. The van der Waals surface area contributed by atoms with E-state index in [1.165, 1.54) is 5.56 Å². The summed E-state index contributed by atoms with van der Waals surface area (Å²) in [4.78, 5) is 24.7. The lowest BCUT2D eigenvalue weighted by molar-refractivity contribution is -0.118. The molecule has 0 fully saturated rings. The van der Waals surface area contributed by atoms with E-state index in [2.05, 4.69) is 47.3 Å². The van der Waals surface area contributed by atoms with Gasteiger partial charge in [-0.3, -0.25) is 9.59 Å². The van der Waals surface area contributed by atoms with E-state index in [0.29, 0.717) is 30.0 Å². The van der Waals surface area contributed by atoms with Gasteiger partial charge in [0, 0.05) is 17.8 Å². The second-order valence-electron chi connectivity index (χ2n) is 8.85. The van der Waals surface area contributed by atoms with Crippen LogP contribution in [-0.2, 0) is 21.4 Å². The molecule has 0 saturated heterocycles. The molecule has 0 aliphatic carbocycles. The maximum absolute atomic E-state index is 12.4. The standard InChI is InChI=1S/C27H29BrN2O3/c1-27(2,3)20-13-14-24(23(28)16-20)33-18-26(32)30-22-11-7-10-21(17-22)29-25(31)15-12-19-8-5-4-6-9-19/h4-11,13-14,16-17H,12,15,18H2,1-3H3,(H,29,31)(H,30,32). The maximum Gasteiger partial charge on any atom is 0.262 e. The van der Waals surface area contributed by atoms with Gasteiger partial charge in [0.25, 0.3) is 5.91 Å². The number of ether oxygens (including phenoxy) is 1. The number of carbonyl (C=O) groups is 2. The van der Waals surface area contributed by atoms with Crippen molar-refractivity contribution in [2.75, 3.05) is 17.2 Å². The highest BCUT2D eigenvalue weighted by atomic mass is 79.9. The van der Waals surface area contributed by atoms with Crippen LogP contribution >= 0.6 is 15.9 Å². The molecule has 0 radical (unpaired) electrons. The van der Waals surface area contributed by atoms with Crippen LogP contribution in [0.25, 0.3) is 0 Å². The van der Waals surface area contributed by atoms with Crippen molar-refractivity contribution in [1.82, 2.24) is 0 Å². The number of amides is 2. The first-order chi connectivity index (χ1) is 15.7.